The third kappa shape index (κ3) is 2.92. The molecule has 4 aromatic rings. The van der Waals surface area contributed by atoms with Gasteiger partial charge in [0.25, 0.3) is 5.91 Å². The first kappa shape index (κ1) is 21.7. The molecule has 37 heavy (non-hydrogen) atoms. The highest BCUT2D eigenvalue weighted by Crippen LogP contribution is 2.49. The molecule has 1 aromatic heterocycles. The van der Waals surface area contributed by atoms with Gasteiger partial charge in [-0.15, -0.1) is 5.10 Å². The van der Waals surface area contributed by atoms with Crippen molar-refractivity contribution in [3.05, 3.63) is 89.5 Å². The molecule has 2 amide bonds. The van der Waals surface area contributed by atoms with Crippen molar-refractivity contribution < 1.29 is 14.4 Å². The van der Waals surface area contributed by atoms with E-state index in [1.165, 1.54) is 9.58 Å². The molecular weight excluding hydrogens is 466 g/mol. The molecule has 0 unspecified atom stereocenters. The van der Waals surface area contributed by atoms with Gasteiger partial charge in [-0.05, 0) is 49.2 Å². The molecule has 8 nitrogen and oxygen atoms in total. The van der Waals surface area contributed by atoms with Crippen LogP contribution in [-0.4, -0.2) is 44.8 Å². The summed E-state index contributed by atoms with van der Waals surface area (Å²) in [6.07, 6.45) is 3.92. The Morgan fingerprint density at radius 3 is 2.46 bits per heavy atom. The smallest absolute Gasteiger partial charge is 0.272 e. The van der Waals surface area contributed by atoms with Gasteiger partial charge in [0.15, 0.2) is 0 Å². The predicted octanol–water partition coefficient (Wildman–Crippen LogP) is 3.78. The zero-order valence-electron chi connectivity index (χ0n) is 20.3. The van der Waals surface area contributed by atoms with Crippen LogP contribution in [0.15, 0.2) is 72.8 Å². The number of nitrogens with zero attached hydrogens (tertiary/aromatic N) is 5. The Kier molecular flexibility index (Phi) is 4.51. The van der Waals surface area contributed by atoms with Crippen molar-refractivity contribution in [3.63, 3.8) is 0 Å². The number of aryl methyl sites for hydroxylation is 2. The van der Waals surface area contributed by atoms with Crippen LogP contribution in [0.5, 0.6) is 0 Å². The van der Waals surface area contributed by atoms with Gasteiger partial charge in [-0.1, -0.05) is 65.4 Å². The summed E-state index contributed by atoms with van der Waals surface area (Å²) in [6, 6.07) is 19.3. The summed E-state index contributed by atoms with van der Waals surface area (Å²) in [5.74, 6) is -2.56. The third-order valence-corrected chi connectivity index (χ3v) is 7.82. The minimum atomic E-state index is -0.918. The average Bonchev–Trinajstić information content (AvgIpc) is 3.55. The Bertz CT molecular complexity index is 1670. The summed E-state index contributed by atoms with van der Waals surface area (Å²) in [5, 5.41) is 8.31. The quantitative estimate of drug-likeness (QED) is 0.398. The van der Waals surface area contributed by atoms with Crippen molar-refractivity contribution in [1.82, 2.24) is 15.0 Å². The van der Waals surface area contributed by atoms with E-state index in [9.17, 15) is 14.4 Å². The summed E-state index contributed by atoms with van der Waals surface area (Å²) < 4.78 is 1.28. The first-order chi connectivity index (χ1) is 18.0. The second-order valence-electron chi connectivity index (χ2n) is 9.94. The highest BCUT2D eigenvalue weighted by Gasteiger charge is 2.64. The number of amides is 2. The molecule has 0 saturated carbocycles. The minimum absolute atomic E-state index is 0.278. The molecule has 0 radical (unpaired) electrons. The molecule has 3 aliphatic heterocycles. The van der Waals surface area contributed by atoms with Crippen LogP contribution in [0.3, 0.4) is 0 Å². The number of carbonyl (C=O) groups is 3. The molecule has 0 spiro atoms. The lowest BCUT2D eigenvalue weighted by atomic mass is 9.88. The fourth-order valence-electron chi connectivity index (χ4n) is 6.25. The van der Waals surface area contributed by atoms with Crippen LogP contribution in [0.4, 0.5) is 11.4 Å². The maximum Gasteiger partial charge on any atom is 0.272 e. The van der Waals surface area contributed by atoms with E-state index in [4.69, 9.17) is 0 Å². The average molecular weight is 490 g/mol. The number of aromatic nitrogens is 3. The zero-order chi connectivity index (χ0) is 25.4. The van der Waals surface area contributed by atoms with Gasteiger partial charge in [0.1, 0.15) is 11.6 Å². The molecule has 7 rings (SSSR count). The first-order valence-electron chi connectivity index (χ1n) is 12.3. The number of hydrogen-bond acceptors (Lipinski definition) is 6. The summed E-state index contributed by atoms with van der Waals surface area (Å²) in [5.41, 5.74) is 5.37. The van der Waals surface area contributed by atoms with Crippen molar-refractivity contribution in [2.24, 2.45) is 11.8 Å². The molecule has 2 fully saturated rings. The second kappa shape index (κ2) is 7.70. The normalized spacial score (nSPS) is 23.9. The maximum absolute atomic E-state index is 14.2. The van der Waals surface area contributed by atoms with E-state index in [0.717, 1.165) is 22.4 Å². The Morgan fingerprint density at radius 2 is 1.62 bits per heavy atom. The SMILES string of the molecule is Cc1ccc(N2C(=O)[C@@H]3[C@H](C2=O)[C@H](C(=O)n2nnc4ccccc42)N2c4ccccc4C=C[C@@H]32)c(C)c1. The van der Waals surface area contributed by atoms with Gasteiger partial charge in [-0.3, -0.25) is 14.4 Å². The molecule has 182 valence electrons. The molecule has 0 bridgehead atoms. The number of hydrogen-bond donors (Lipinski definition) is 0. The van der Waals surface area contributed by atoms with Crippen LogP contribution < -0.4 is 9.80 Å². The Balaban J connectivity index is 1.40. The second-order valence-corrected chi connectivity index (χ2v) is 9.94. The summed E-state index contributed by atoms with van der Waals surface area (Å²) in [7, 11) is 0. The third-order valence-electron chi connectivity index (χ3n) is 7.82. The van der Waals surface area contributed by atoms with E-state index in [0.29, 0.717) is 16.7 Å². The summed E-state index contributed by atoms with van der Waals surface area (Å²) in [4.78, 5) is 45.5. The van der Waals surface area contributed by atoms with Crippen LogP contribution in [0.25, 0.3) is 17.1 Å². The van der Waals surface area contributed by atoms with Crippen LogP contribution in [0.2, 0.25) is 0 Å². The molecule has 0 N–H and O–H groups in total. The molecule has 3 aliphatic rings. The van der Waals surface area contributed by atoms with Crippen LogP contribution >= 0.6 is 0 Å². The number of anilines is 2. The van der Waals surface area contributed by atoms with E-state index < -0.39 is 23.9 Å². The Morgan fingerprint density at radius 1 is 0.865 bits per heavy atom. The fraction of sp³-hybridized carbons (Fsp3) is 0.207. The molecule has 4 heterocycles. The number of para-hydroxylation sites is 2. The van der Waals surface area contributed by atoms with E-state index in [2.05, 4.69) is 10.3 Å². The van der Waals surface area contributed by atoms with E-state index in [1.807, 2.05) is 85.5 Å². The first-order valence-corrected chi connectivity index (χ1v) is 12.3. The molecule has 0 aliphatic carbocycles. The lowest BCUT2D eigenvalue weighted by Crippen LogP contribution is -2.50. The number of rotatable bonds is 2. The van der Waals surface area contributed by atoms with E-state index >= 15 is 0 Å². The fourth-order valence-corrected chi connectivity index (χ4v) is 6.25. The van der Waals surface area contributed by atoms with Gasteiger partial charge in [0.05, 0.1) is 29.1 Å². The highest BCUT2D eigenvalue weighted by atomic mass is 16.2. The topological polar surface area (TPSA) is 88.4 Å². The maximum atomic E-state index is 14.2. The number of fused-ring (bicyclic) bond motifs is 6. The lowest BCUT2D eigenvalue weighted by Gasteiger charge is -2.36. The summed E-state index contributed by atoms with van der Waals surface area (Å²) >= 11 is 0. The minimum Gasteiger partial charge on any atom is -0.351 e. The van der Waals surface area contributed by atoms with Gasteiger partial charge < -0.3 is 4.90 Å². The van der Waals surface area contributed by atoms with Crippen LogP contribution in [-0.2, 0) is 9.59 Å². The molecular formula is C29H23N5O3. The highest BCUT2D eigenvalue weighted by molar-refractivity contribution is 6.25. The predicted molar refractivity (Wildman–Crippen MR) is 139 cm³/mol. The van der Waals surface area contributed by atoms with Gasteiger partial charge in [0.2, 0.25) is 11.8 Å². The van der Waals surface area contributed by atoms with Crippen molar-refractivity contribution >= 4 is 46.2 Å². The largest absolute Gasteiger partial charge is 0.351 e. The van der Waals surface area contributed by atoms with Gasteiger partial charge in [0, 0.05) is 5.69 Å². The monoisotopic (exact) mass is 489 g/mol. The number of imide groups is 1. The zero-order valence-corrected chi connectivity index (χ0v) is 20.3. The molecule has 3 aromatic carbocycles. The van der Waals surface area contributed by atoms with Gasteiger partial charge in [-0.25, -0.2) is 4.90 Å². The lowest BCUT2D eigenvalue weighted by molar-refractivity contribution is -0.122. The number of benzene rings is 3. The standard InChI is InChI=1S/C29H23N5O3/c1-16-11-13-20(17(2)15-16)33-27(35)24-23-14-12-18-7-3-5-9-21(18)32(23)26(25(24)28(33)36)29(37)34-22-10-6-4-8-19(22)30-31-34/h3-15,23-26H,1-2H3/t23-,24-,25-,26+/m0/s1. The van der Waals surface area contributed by atoms with Gasteiger partial charge in [-0.2, -0.15) is 4.68 Å². The Labute approximate surface area is 212 Å². The van der Waals surface area contributed by atoms with Crippen molar-refractivity contribution in [2.75, 3.05) is 9.80 Å². The molecule has 2 saturated heterocycles. The van der Waals surface area contributed by atoms with Gasteiger partial charge >= 0.3 is 0 Å². The van der Waals surface area contributed by atoms with E-state index in [1.54, 1.807) is 12.1 Å². The van der Waals surface area contributed by atoms with E-state index in [-0.39, 0.29) is 17.7 Å². The van der Waals surface area contributed by atoms with Crippen molar-refractivity contribution in [3.8, 4) is 0 Å². The summed E-state index contributed by atoms with van der Waals surface area (Å²) in [6.45, 7) is 3.86. The van der Waals surface area contributed by atoms with Crippen molar-refractivity contribution in [2.45, 2.75) is 25.9 Å². The molecule has 4 atom stereocenters. The Hall–Kier alpha value is -4.59. The van der Waals surface area contributed by atoms with Crippen LogP contribution in [0, 0.1) is 25.7 Å². The molecule has 8 heteroatoms. The van der Waals surface area contributed by atoms with Crippen LogP contribution in [0.1, 0.15) is 21.5 Å². The number of carbonyl (C=O) groups excluding carboxylic acids is 3. The van der Waals surface area contributed by atoms with Crippen molar-refractivity contribution in [1.29, 1.82) is 0 Å².